The minimum Gasteiger partial charge on any atom is -0.504 e. The maximum Gasteiger partial charge on any atom is 0.256 e. The van der Waals surface area contributed by atoms with Crippen LogP contribution >= 0.6 is 0 Å². The van der Waals surface area contributed by atoms with Crippen LogP contribution in [0.15, 0.2) is 42.6 Å². The van der Waals surface area contributed by atoms with E-state index in [0.717, 1.165) is 5.56 Å². The summed E-state index contributed by atoms with van der Waals surface area (Å²) in [7, 11) is 0. The minimum atomic E-state index is -0.289. The molecule has 17 heavy (non-hydrogen) atoms. The molecule has 0 atom stereocenters. The standard InChI is InChI=1S/C13H12N2O2/c1-9-4-2-5-10(8-9)13(17)15-12-11(16)6-3-7-14-12/h2-8,16H,1H3,(H,14,15,17). The number of benzene rings is 1. The zero-order chi connectivity index (χ0) is 12.3. The zero-order valence-electron chi connectivity index (χ0n) is 9.34. The van der Waals surface area contributed by atoms with Crippen molar-refractivity contribution in [1.82, 2.24) is 4.98 Å². The van der Waals surface area contributed by atoms with E-state index in [4.69, 9.17) is 0 Å². The molecule has 0 aliphatic carbocycles. The van der Waals surface area contributed by atoms with E-state index in [0.29, 0.717) is 5.56 Å². The van der Waals surface area contributed by atoms with Gasteiger partial charge in [-0.25, -0.2) is 4.98 Å². The Hall–Kier alpha value is -2.36. The quantitative estimate of drug-likeness (QED) is 0.829. The lowest BCUT2D eigenvalue weighted by atomic mass is 10.1. The summed E-state index contributed by atoms with van der Waals surface area (Å²) in [6.45, 7) is 1.91. The van der Waals surface area contributed by atoms with Crippen LogP contribution in [0.25, 0.3) is 0 Å². The number of nitrogens with one attached hydrogen (secondary N) is 1. The van der Waals surface area contributed by atoms with Crippen molar-refractivity contribution in [1.29, 1.82) is 0 Å². The van der Waals surface area contributed by atoms with Crippen molar-refractivity contribution in [2.45, 2.75) is 6.92 Å². The van der Waals surface area contributed by atoms with E-state index >= 15 is 0 Å². The van der Waals surface area contributed by atoms with Crippen LogP contribution in [-0.4, -0.2) is 16.0 Å². The Balaban J connectivity index is 2.20. The minimum absolute atomic E-state index is 0.0477. The fourth-order valence-corrected chi connectivity index (χ4v) is 1.46. The van der Waals surface area contributed by atoms with Gasteiger partial charge in [-0.05, 0) is 31.2 Å². The first-order valence-electron chi connectivity index (χ1n) is 5.19. The predicted octanol–water partition coefficient (Wildman–Crippen LogP) is 2.35. The van der Waals surface area contributed by atoms with Gasteiger partial charge in [-0.15, -0.1) is 0 Å². The van der Waals surface area contributed by atoms with Crippen molar-refractivity contribution in [2.24, 2.45) is 0 Å². The van der Waals surface area contributed by atoms with Crippen LogP contribution in [0.2, 0.25) is 0 Å². The van der Waals surface area contributed by atoms with Gasteiger partial charge in [-0.3, -0.25) is 4.79 Å². The summed E-state index contributed by atoms with van der Waals surface area (Å²) in [5.41, 5.74) is 1.54. The summed E-state index contributed by atoms with van der Waals surface area (Å²) in [5, 5.41) is 12.0. The van der Waals surface area contributed by atoms with Gasteiger partial charge in [-0.1, -0.05) is 17.7 Å². The van der Waals surface area contributed by atoms with Gasteiger partial charge >= 0.3 is 0 Å². The van der Waals surface area contributed by atoms with Gasteiger partial charge in [0.2, 0.25) is 0 Å². The number of hydrogen-bond donors (Lipinski definition) is 2. The van der Waals surface area contributed by atoms with Crippen LogP contribution in [0.1, 0.15) is 15.9 Å². The molecule has 0 radical (unpaired) electrons. The fourth-order valence-electron chi connectivity index (χ4n) is 1.46. The summed E-state index contributed by atoms with van der Waals surface area (Å²) < 4.78 is 0. The molecule has 0 unspecified atom stereocenters. The van der Waals surface area contributed by atoms with Crippen LogP contribution in [-0.2, 0) is 0 Å². The lowest BCUT2D eigenvalue weighted by Crippen LogP contribution is -2.13. The van der Waals surface area contributed by atoms with Gasteiger partial charge in [0.15, 0.2) is 11.6 Å². The number of aryl methyl sites for hydroxylation is 1. The second-order valence-corrected chi connectivity index (χ2v) is 3.69. The number of aromatic hydroxyl groups is 1. The molecule has 0 aliphatic rings. The molecule has 1 amide bonds. The molecule has 0 saturated heterocycles. The van der Waals surface area contributed by atoms with Gasteiger partial charge in [-0.2, -0.15) is 0 Å². The molecular formula is C13H12N2O2. The molecule has 0 saturated carbocycles. The first kappa shape index (κ1) is 11.1. The van der Waals surface area contributed by atoms with Gasteiger partial charge in [0.1, 0.15) is 0 Å². The van der Waals surface area contributed by atoms with E-state index in [9.17, 15) is 9.90 Å². The zero-order valence-corrected chi connectivity index (χ0v) is 9.34. The first-order chi connectivity index (χ1) is 8.16. The molecule has 4 nitrogen and oxygen atoms in total. The molecule has 0 fully saturated rings. The number of rotatable bonds is 2. The van der Waals surface area contributed by atoms with E-state index in [-0.39, 0.29) is 17.5 Å². The van der Waals surface area contributed by atoms with E-state index in [1.54, 1.807) is 18.2 Å². The molecule has 4 heteroatoms. The van der Waals surface area contributed by atoms with Gasteiger partial charge in [0.25, 0.3) is 5.91 Å². The molecule has 1 heterocycles. The van der Waals surface area contributed by atoms with Crippen LogP contribution in [0, 0.1) is 6.92 Å². The summed E-state index contributed by atoms with van der Waals surface area (Å²) in [6, 6.07) is 10.3. The molecule has 0 aliphatic heterocycles. The Kier molecular flexibility index (Phi) is 3.05. The van der Waals surface area contributed by atoms with Crippen molar-refractivity contribution in [3.05, 3.63) is 53.7 Å². The maximum atomic E-state index is 11.9. The number of amides is 1. The summed E-state index contributed by atoms with van der Waals surface area (Å²) in [6.07, 6.45) is 1.51. The lowest BCUT2D eigenvalue weighted by Gasteiger charge is -2.06. The average Bonchev–Trinajstić information content (AvgIpc) is 2.32. The molecule has 0 spiro atoms. The summed E-state index contributed by atoms with van der Waals surface area (Å²) in [4.78, 5) is 15.7. The predicted molar refractivity (Wildman–Crippen MR) is 65.0 cm³/mol. The van der Waals surface area contributed by atoms with E-state index in [2.05, 4.69) is 10.3 Å². The van der Waals surface area contributed by atoms with Gasteiger partial charge in [0, 0.05) is 11.8 Å². The molecule has 2 rings (SSSR count). The third-order valence-electron chi connectivity index (χ3n) is 2.30. The normalized spacial score (nSPS) is 9.94. The second kappa shape index (κ2) is 4.65. The SMILES string of the molecule is Cc1cccc(C(=O)Nc2ncccc2O)c1. The first-order valence-corrected chi connectivity index (χ1v) is 5.19. The monoisotopic (exact) mass is 228 g/mol. The van der Waals surface area contributed by atoms with Crippen LogP contribution in [0.5, 0.6) is 5.75 Å². The fraction of sp³-hybridized carbons (Fsp3) is 0.0769. The Morgan fingerprint density at radius 3 is 2.82 bits per heavy atom. The molecule has 1 aromatic heterocycles. The highest BCUT2D eigenvalue weighted by Gasteiger charge is 2.09. The average molecular weight is 228 g/mol. The molecular weight excluding hydrogens is 216 g/mol. The number of aromatic nitrogens is 1. The topological polar surface area (TPSA) is 62.2 Å². The summed E-state index contributed by atoms with van der Waals surface area (Å²) >= 11 is 0. The van der Waals surface area contributed by atoms with Crippen molar-refractivity contribution >= 4 is 11.7 Å². The third-order valence-corrected chi connectivity index (χ3v) is 2.30. The number of nitrogens with zero attached hydrogens (tertiary/aromatic N) is 1. The van der Waals surface area contributed by atoms with Crippen LogP contribution in [0.3, 0.4) is 0 Å². The number of carbonyl (C=O) groups excluding carboxylic acids is 1. The van der Waals surface area contributed by atoms with E-state index in [1.807, 2.05) is 19.1 Å². The number of anilines is 1. The Labute approximate surface area is 98.9 Å². The molecule has 86 valence electrons. The van der Waals surface area contributed by atoms with Gasteiger partial charge in [0.05, 0.1) is 0 Å². The number of carbonyl (C=O) groups is 1. The highest BCUT2D eigenvalue weighted by atomic mass is 16.3. The lowest BCUT2D eigenvalue weighted by molar-refractivity contribution is 0.102. The smallest absolute Gasteiger partial charge is 0.256 e. The molecule has 2 aromatic rings. The van der Waals surface area contributed by atoms with Crippen LogP contribution < -0.4 is 5.32 Å². The van der Waals surface area contributed by atoms with Crippen molar-refractivity contribution < 1.29 is 9.90 Å². The molecule has 2 N–H and O–H groups in total. The Bertz CT molecular complexity index is 553. The van der Waals surface area contributed by atoms with Gasteiger partial charge < -0.3 is 10.4 Å². The maximum absolute atomic E-state index is 11.9. The van der Waals surface area contributed by atoms with E-state index < -0.39 is 0 Å². The Morgan fingerprint density at radius 2 is 2.12 bits per heavy atom. The number of hydrogen-bond acceptors (Lipinski definition) is 3. The van der Waals surface area contributed by atoms with Crippen molar-refractivity contribution in [3.8, 4) is 5.75 Å². The second-order valence-electron chi connectivity index (χ2n) is 3.69. The van der Waals surface area contributed by atoms with Crippen molar-refractivity contribution in [3.63, 3.8) is 0 Å². The Morgan fingerprint density at radius 1 is 1.29 bits per heavy atom. The third kappa shape index (κ3) is 2.60. The highest BCUT2D eigenvalue weighted by molar-refractivity contribution is 6.04. The largest absolute Gasteiger partial charge is 0.504 e. The molecule has 0 bridgehead atoms. The molecule has 1 aromatic carbocycles. The van der Waals surface area contributed by atoms with Crippen LogP contribution in [0.4, 0.5) is 5.82 Å². The summed E-state index contributed by atoms with van der Waals surface area (Å²) in [5.74, 6) is -0.171. The number of pyridine rings is 1. The van der Waals surface area contributed by atoms with E-state index in [1.165, 1.54) is 12.3 Å². The highest BCUT2D eigenvalue weighted by Crippen LogP contribution is 2.19. The van der Waals surface area contributed by atoms with Crippen molar-refractivity contribution in [2.75, 3.05) is 5.32 Å².